The number of anilines is 2. The lowest BCUT2D eigenvalue weighted by Crippen LogP contribution is -2.43. The van der Waals surface area contributed by atoms with Crippen molar-refractivity contribution in [2.24, 2.45) is 0 Å². The first-order valence-electron chi connectivity index (χ1n) is 6.56. The van der Waals surface area contributed by atoms with Gasteiger partial charge in [0.15, 0.2) is 0 Å². The van der Waals surface area contributed by atoms with E-state index in [0.717, 1.165) is 0 Å². The summed E-state index contributed by atoms with van der Waals surface area (Å²) in [6, 6.07) is 16.3. The molecule has 3 rings (SSSR count). The highest BCUT2D eigenvalue weighted by molar-refractivity contribution is 6.33. The number of alkyl halides is 1. The van der Waals surface area contributed by atoms with E-state index in [-0.39, 0.29) is 18.4 Å². The molecule has 0 bridgehead atoms. The maximum Gasteiger partial charge on any atom is 0.250 e. The first kappa shape index (κ1) is 13.6. The summed E-state index contributed by atoms with van der Waals surface area (Å²) in [6.45, 7) is -0.0219. The van der Waals surface area contributed by atoms with Crippen LogP contribution in [0.1, 0.15) is 10.9 Å². The van der Waals surface area contributed by atoms with Crippen molar-refractivity contribution in [2.75, 3.05) is 16.8 Å². The number of amides is 2. The predicted octanol–water partition coefficient (Wildman–Crippen LogP) is 2.95. The van der Waals surface area contributed by atoms with E-state index in [4.69, 9.17) is 11.6 Å². The van der Waals surface area contributed by atoms with Crippen molar-refractivity contribution in [1.29, 1.82) is 0 Å². The molecule has 1 N–H and O–H groups in total. The first-order valence-corrected chi connectivity index (χ1v) is 7.00. The molecule has 1 aliphatic heterocycles. The Balaban J connectivity index is 1.93. The summed E-state index contributed by atoms with van der Waals surface area (Å²) >= 11 is 6.28. The fourth-order valence-electron chi connectivity index (χ4n) is 2.33. The molecule has 2 aromatic rings. The number of hydrogen-bond donors (Lipinski definition) is 1. The number of carbonyl (C=O) groups excluding carboxylic acids is 2. The van der Waals surface area contributed by atoms with Gasteiger partial charge in [0.25, 0.3) is 0 Å². The van der Waals surface area contributed by atoms with Gasteiger partial charge in [-0.3, -0.25) is 14.5 Å². The number of halogens is 1. The second-order valence-corrected chi connectivity index (χ2v) is 5.20. The van der Waals surface area contributed by atoms with Crippen LogP contribution in [-0.2, 0) is 9.59 Å². The molecule has 5 heteroatoms. The maximum absolute atomic E-state index is 12.6. The minimum absolute atomic E-state index is 0.0219. The highest BCUT2D eigenvalue weighted by Crippen LogP contribution is 2.32. The van der Waals surface area contributed by atoms with Crippen molar-refractivity contribution in [1.82, 2.24) is 0 Å². The Morgan fingerprint density at radius 2 is 1.76 bits per heavy atom. The summed E-state index contributed by atoms with van der Waals surface area (Å²) in [7, 11) is 0. The Labute approximate surface area is 127 Å². The molecule has 0 saturated carbocycles. The summed E-state index contributed by atoms with van der Waals surface area (Å²) in [5.74, 6) is -0.524. The summed E-state index contributed by atoms with van der Waals surface area (Å²) in [4.78, 5) is 25.8. The van der Waals surface area contributed by atoms with Crippen LogP contribution in [0.5, 0.6) is 0 Å². The molecule has 4 nitrogen and oxygen atoms in total. The fraction of sp³-hybridized carbons (Fsp3) is 0.125. The van der Waals surface area contributed by atoms with Crippen LogP contribution in [0, 0.1) is 0 Å². The van der Waals surface area contributed by atoms with Crippen LogP contribution in [0.4, 0.5) is 11.4 Å². The van der Waals surface area contributed by atoms with Crippen LogP contribution in [0.2, 0.25) is 0 Å². The molecule has 0 radical (unpaired) electrons. The average Bonchev–Trinajstić information content (AvgIpc) is 2.53. The Morgan fingerprint density at radius 3 is 2.52 bits per heavy atom. The van der Waals surface area contributed by atoms with Crippen LogP contribution in [0.3, 0.4) is 0 Å². The van der Waals surface area contributed by atoms with E-state index < -0.39 is 5.38 Å². The molecule has 0 saturated heterocycles. The molecule has 1 unspecified atom stereocenters. The van der Waals surface area contributed by atoms with Crippen molar-refractivity contribution in [3.8, 4) is 0 Å². The predicted molar refractivity (Wildman–Crippen MR) is 82.5 cm³/mol. The van der Waals surface area contributed by atoms with E-state index in [0.29, 0.717) is 16.9 Å². The number of rotatable bonds is 2. The molecule has 0 fully saturated rings. The maximum atomic E-state index is 12.6. The molecular weight excluding hydrogens is 288 g/mol. The van der Waals surface area contributed by atoms with Gasteiger partial charge in [-0.1, -0.05) is 42.5 Å². The van der Waals surface area contributed by atoms with Crippen LogP contribution in [0.25, 0.3) is 0 Å². The molecule has 0 aromatic heterocycles. The highest BCUT2D eigenvalue weighted by atomic mass is 35.5. The van der Waals surface area contributed by atoms with E-state index in [1.807, 2.05) is 30.3 Å². The highest BCUT2D eigenvalue weighted by Gasteiger charge is 2.31. The van der Waals surface area contributed by atoms with Gasteiger partial charge in [-0.05, 0) is 17.7 Å². The van der Waals surface area contributed by atoms with Gasteiger partial charge in [-0.15, -0.1) is 11.6 Å². The molecule has 0 spiro atoms. The second-order valence-electron chi connectivity index (χ2n) is 4.76. The molecule has 1 aliphatic rings. The van der Waals surface area contributed by atoms with E-state index in [9.17, 15) is 9.59 Å². The van der Waals surface area contributed by atoms with Gasteiger partial charge in [-0.2, -0.15) is 0 Å². The molecule has 2 amide bonds. The third-order valence-electron chi connectivity index (χ3n) is 3.35. The Morgan fingerprint density at radius 1 is 1.10 bits per heavy atom. The van der Waals surface area contributed by atoms with Gasteiger partial charge in [0.2, 0.25) is 11.8 Å². The molecule has 21 heavy (non-hydrogen) atoms. The lowest BCUT2D eigenvalue weighted by atomic mass is 10.1. The molecule has 0 aliphatic carbocycles. The number of fused-ring (bicyclic) bond motifs is 1. The normalized spacial score (nSPS) is 15.1. The van der Waals surface area contributed by atoms with Gasteiger partial charge in [0, 0.05) is 0 Å². The number of carbonyl (C=O) groups is 2. The van der Waals surface area contributed by atoms with Crippen molar-refractivity contribution in [2.45, 2.75) is 5.38 Å². The SMILES string of the molecule is O=C1CN(C(=O)C(Cl)c2ccccc2)c2ccccc2N1. The topological polar surface area (TPSA) is 49.4 Å². The van der Waals surface area contributed by atoms with E-state index in [1.165, 1.54) is 4.90 Å². The molecular formula is C16H13ClN2O2. The average molecular weight is 301 g/mol. The minimum atomic E-state index is -0.815. The van der Waals surface area contributed by atoms with Gasteiger partial charge in [0.1, 0.15) is 11.9 Å². The molecule has 106 valence electrons. The van der Waals surface area contributed by atoms with Crippen molar-refractivity contribution in [3.63, 3.8) is 0 Å². The van der Waals surface area contributed by atoms with Crippen molar-refractivity contribution in [3.05, 3.63) is 60.2 Å². The Hall–Kier alpha value is -2.33. The third kappa shape index (κ3) is 2.62. The number of para-hydroxylation sites is 2. The van der Waals surface area contributed by atoms with E-state index >= 15 is 0 Å². The lowest BCUT2D eigenvalue weighted by Gasteiger charge is -2.30. The van der Waals surface area contributed by atoms with Gasteiger partial charge in [-0.25, -0.2) is 0 Å². The summed E-state index contributed by atoms with van der Waals surface area (Å²) in [5, 5.41) is 1.93. The standard InChI is InChI=1S/C16H13ClN2O2/c17-15(11-6-2-1-3-7-11)16(21)19-10-14(20)18-12-8-4-5-9-13(12)19/h1-9,15H,10H2,(H,18,20). The molecule has 2 aromatic carbocycles. The van der Waals surface area contributed by atoms with Crippen molar-refractivity contribution >= 4 is 34.8 Å². The Kier molecular flexibility index (Phi) is 3.62. The monoisotopic (exact) mass is 300 g/mol. The summed E-state index contributed by atoms with van der Waals surface area (Å²) < 4.78 is 0. The summed E-state index contributed by atoms with van der Waals surface area (Å²) in [5.41, 5.74) is 2.01. The van der Waals surface area contributed by atoms with Crippen LogP contribution in [0.15, 0.2) is 54.6 Å². The number of hydrogen-bond acceptors (Lipinski definition) is 2. The minimum Gasteiger partial charge on any atom is -0.323 e. The first-order chi connectivity index (χ1) is 10.2. The zero-order valence-electron chi connectivity index (χ0n) is 11.1. The smallest absolute Gasteiger partial charge is 0.250 e. The van der Waals surface area contributed by atoms with Crippen LogP contribution >= 0.6 is 11.6 Å². The van der Waals surface area contributed by atoms with Gasteiger partial charge in [0.05, 0.1) is 11.4 Å². The van der Waals surface area contributed by atoms with Crippen LogP contribution in [-0.4, -0.2) is 18.4 Å². The Bertz CT molecular complexity index is 688. The zero-order chi connectivity index (χ0) is 14.8. The number of nitrogens with zero attached hydrogens (tertiary/aromatic N) is 1. The van der Waals surface area contributed by atoms with Crippen molar-refractivity contribution < 1.29 is 9.59 Å². The van der Waals surface area contributed by atoms with Crippen LogP contribution < -0.4 is 10.2 Å². The second kappa shape index (κ2) is 5.58. The van der Waals surface area contributed by atoms with Gasteiger partial charge >= 0.3 is 0 Å². The van der Waals surface area contributed by atoms with Gasteiger partial charge < -0.3 is 5.32 Å². The molecule has 1 heterocycles. The number of nitrogens with one attached hydrogen (secondary N) is 1. The number of benzene rings is 2. The zero-order valence-corrected chi connectivity index (χ0v) is 11.9. The largest absolute Gasteiger partial charge is 0.323 e. The van der Waals surface area contributed by atoms with E-state index in [2.05, 4.69) is 5.32 Å². The lowest BCUT2D eigenvalue weighted by molar-refractivity contribution is -0.121. The third-order valence-corrected chi connectivity index (χ3v) is 3.78. The fourth-order valence-corrected chi connectivity index (χ4v) is 2.59. The summed E-state index contributed by atoms with van der Waals surface area (Å²) in [6.07, 6.45) is 0. The van der Waals surface area contributed by atoms with E-state index in [1.54, 1.807) is 24.3 Å². The molecule has 1 atom stereocenters. The quantitative estimate of drug-likeness (QED) is 0.867.